The Morgan fingerprint density at radius 1 is 1.28 bits per heavy atom. The average Bonchev–Trinajstić information content (AvgIpc) is 2.63. The average molecular weight is 265 g/mol. The largest absolute Gasteiger partial charge is 0.462 e. The minimum Gasteiger partial charge on any atom is -0.462 e. The van der Waals surface area contributed by atoms with Gasteiger partial charge in [0.1, 0.15) is 24.7 Å². The Labute approximate surface area is 104 Å². The smallest absolute Gasteiger partial charge is 0.411 e. The molecular formula is C12H18F3NO2. The maximum atomic E-state index is 11.8. The maximum Gasteiger partial charge on any atom is 0.411 e. The fourth-order valence-corrected chi connectivity index (χ4v) is 1.35. The van der Waals surface area contributed by atoms with Gasteiger partial charge in [-0.25, -0.2) is 0 Å². The Morgan fingerprint density at radius 2 is 1.94 bits per heavy atom. The number of rotatable bonds is 7. The number of hydrogen-bond acceptors (Lipinski definition) is 3. The van der Waals surface area contributed by atoms with Gasteiger partial charge in [-0.2, -0.15) is 13.2 Å². The summed E-state index contributed by atoms with van der Waals surface area (Å²) in [5.74, 6) is 1.64. The molecule has 0 atom stereocenters. The molecule has 0 aliphatic carbocycles. The monoisotopic (exact) mass is 265 g/mol. The number of ether oxygens (including phenoxy) is 1. The van der Waals surface area contributed by atoms with Crippen LogP contribution in [0.5, 0.6) is 0 Å². The molecule has 18 heavy (non-hydrogen) atoms. The van der Waals surface area contributed by atoms with Crippen LogP contribution in [0.15, 0.2) is 16.5 Å². The second-order valence-electron chi connectivity index (χ2n) is 4.50. The first-order chi connectivity index (χ1) is 8.37. The molecule has 6 heteroatoms. The van der Waals surface area contributed by atoms with Gasteiger partial charge in [0.05, 0.1) is 6.54 Å². The summed E-state index contributed by atoms with van der Waals surface area (Å²) >= 11 is 0. The van der Waals surface area contributed by atoms with E-state index in [0.29, 0.717) is 24.0 Å². The van der Waals surface area contributed by atoms with Gasteiger partial charge in [0, 0.05) is 0 Å². The Morgan fingerprint density at radius 3 is 2.56 bits per heavy atom. The molecule has 0 fully saturated rings. The topological polar surface area (TPSA) is 34.4 Å². The van der Waals surface area contributed by atoms with Crippen LogP contribution in [0.2, 0.25) is 0 Å². The SMILES string of the molecule is CC(C)CNCc1ccc(COCC(F)(F)F)o1. The molecule has 1 aromatic rings. The third kappa shape index (κ3) is 6.66. The molecule has 3 nitrogen and oxygen atoms in total. The highest BCUT2D eigenvalue weighted by Crippen LogP contribution is 2.16. The lowest BCUT2D eigenvalue weighted by molar-refractivity contribution is -0.177. The molecule has 0 saturated carbocycles. The van der Waals surface area contributed by atoms with Crippen molar-refractivity contribution in [2.75, 3.05) is 13.2 Å². The van der Waals surface area contributed by atoms with Gasteiger partial charge < -0.3 is 14.5 Å². The Balaban J connectivity index is 2.26. The van der Waals surface area contributed by atoms with Crippen LogP contribution in [0.4, 0.5) is 13.2 Å². The van der Waals surface area contributed by atoms with Crippen molar-refractivity contribution in [3.8, 4) is 0 Å². The summed E-state index contributed by atoms with van der Waals surface area (Å²) in [4.78, 5) is 0. The molecular weight excluding hydrogens is 247 g/mol. The van der Waals surface area contributed by atoms with Crippen LogP contribution in [-0.4, -0.2) is 19.3 Å². The fraction of sp³-hybridized carbons (Fsp3) is 0.667. The fourth-order valence-electron chi connectivity index (χ4n) is 1.35. The number of halogens is 3. The Bertz CT molecular complexity index is 347. The number of hydrogen-bond donors (Lipinski definition) is 1. The Hall–Kier alpha value is -1.01. The summed E-state index contributed by atoms with van der Waals surface area (Å²) in [5.41, 5.74) is 0. The van der Waals surface area contributed by atoms with Crippen molar-refractivity contribution >= 4 is 0 Å². The second-order valence-corrected chi connectivity index (χ2v) is 4.50. The van der Waals surface area contributed by atoms with Crippen molar-refractivity contribution < 1.29 is 22.3 Å². The third-order valence-electron chi connectivity index (χ3n) is 2.08. The van der Waals surface area contributed by atoms with E-state index in [1.54, 1.807) is 12.1 Å². The van der Waals surface area contributed by atoms with E-state index in [4.69, 9.17) is 4.42 Å². The molecule has 0 radical (unpaired) electrons. The zero-order valence-corrected chi connectivity index (χ0v) is 10.5. The van der Waals surface area contributed by atoms with E-state index in [0.717, 1.165) is 6.54 Å². The van der Waals surface area contributed by atoms with Gasteiger partial charge in [-0.3, -0.25) is 0 Å². The summed E-state index contributed by atoms with van der Waals surface area (Å²) in [6.07, 6.45) is -4.30. The number of nitrogens with one attached hydrogen (secondary N) is 1. The van der Waals surface area contributed by atoms with E-state index in [2.05, 4.69) is 23.9 Å². The Kier molecular flexibility index (Phi) is 5.68. The summed E-state index contributed by atoms with van der Waals surface area (Å²) in [6.45, 7) is 4.19. The van der Waals surface area contributed by atoms with E-state index in [9.17, 15) is 13.2 Å². The molecule has 0 aliphatic heterocycles. The van der Waals surface area contributed by atoms with Gasteiger partial charge >= 0.3 is 6.18 Å². The van der Waals surface area contributed by atoms with Crippen LogP contribution in [0.1, 0.15) is 25.4 Å². The molecule has 1 N–H and O–H groups in total. The summed E-state index contributed by atoms with van der Waals surface area (Å²) in [7, 11) is 0. The predicted molar refractivity (Wildman–Crippen MR) is 61.0 cm³/mol. The van der Waals surface area contributed by atoms with Crippen LogP contribution in [-0.2, 0) is 17.9 Å². The predicted octanol–water partition coefficient (Wildman–Crippen LogP) is 3.10. The minimum atomic E-state index is -4.30. The van der Waals surface area contributed by atoms with Crippen LogP contribution >= 0.6 is 0 Å². The molecule has 0 bridgehead atoms. The van der Waals surface area contributed by atoms with E-state index in [-0.39, 0.29) is 6.61 Å². The van der Waals surface area contributed by atoms with Gasteiger partial charge in [0.2, 0.25) is 0 Å². The van der Waals surface area contributed by atoms with Crippen molar-refractivity contribution in [3.05, 3.63) is 23.7 Å². The van der Waals surface area contributed by atoms with Crippen molar-refractivity contribution in [2.24, 2.45) is 5.92 Å². The lowest BCUT2D eigenvalue weighted by Crippen LogP contribution is -2.18. The summed E-state index contributed by atoms with van der Waals surface area (Å²) in [5, 5.41) is 3.18. The van der Waals surface area contributed by atoms with Gasteiger partial charge in [0.15, 0.2) is 0 Å². The zero-order chi connectivity index (χ0) is 13.6. The molecule has 0 aromatic carbocycles. The first kappa shape index (κ1) is 15.0. The van der Waals surface area contributed by atoms with Crippen molar-refractivity contribution in [1.82, 2.24) is 5.32 Å². The van der Waals surface area contributed by atoms with Crippen molar-refractivity contribution in [2.45, 2.75) is 33.2 Å². The normalized spacial score (nSPS) is 12.3. The minimum absolute atomic E-state index is 0.163. The first-order valence-corrected chi connectivity index (χ1v) is 5.79. The summed E-state index contributed by atoms with van der Waals surface area (Å²) in [6, 6.07) is 3.36. The molecule has 1 aromatic heterocycles. The van der Waals surface area contributed by atoms with Crippen LogP contribution in [0, 0.1) is 5.92 Å². The van der Waals surface area contributed by atoms with Crippen molar-refractivity contribution in [1.29, 1.82) is 0 Å². The van der Waals surface area contributed by atoms with E-state index >= 15 is 0 Å². The quantitative estimate of drug-likeness (QED) is 0.822. The molecule has 0 unspecified atom stereocenters. The number of alkyl halides is 3. The second kappa shape index (κ2) is 6.80. The molecule has 104 valence electrons. The lowest BCUT2D eigenvalue weighted by atomic mass is 10.2. The highest BCUT2D eigenvalue weighted by atomic mass is 19.4. The van der Waals surface area contributed by atoms with Gasteiger partial charge in [-0.05, 0) is 24.6 Å². The molecule has 1 heterocycles. The summed E-state index contributed by atoms with van der Waals surface area (Å²) < 4.78 is 45.3. The van der Waals surface area contributed by atoms with Crippen LogP contribution < -0.4 is 5.32 Å². The van der Waals surface area contributed by atoms with E-state index < -0.39 is 12.8 Å². The third-order valence-corrected chi connectivity index (χ3v) is 2.08. The first-order valence-electron chi connectivity index (χ1n) is 5.79. The molecule has 0 saturated heterocycles. The highest BCUT2D eigenvalue weighted by molar-refractivity contribution is 5.06. The van der Waals surface area contributed by atoms with Crippen LogP contribution in [0.25, 0.3) is 0 Å². The lowest BCUT2D eigenvalue weighted by Gasteiger charge is -2.06. The molecule has 1 rings (SSSR count). The zero-order valence-electron chi connectivity index (χ0n) is 10.5. The van der Waals surface area contributed by atoms with Gasteiger partial charge in [0.25, 0.3) is 0 Å². The van der Waals surface area contributed by atoms with Gasteiger partial charge in [-0.1, -0.05) is 13.8 Å². The van der Waals surface area contributed by atoms with Crippen LogP contribution in [0.3, 0.4) is 0 Å². The van der Waals surface area contributed by atoms with Gasteiger partial charge in [-0.15, -0.1) is 0 Å². The van der Waals surface area contributed by atoms with Crippen molar-refractivity contribution in [3.63, 3.8) is 0 Å². The number of furan rings is 1. The van der Waals surface area contributed by atoms with E-state index in [1.165, 1.54) is 0 Å². The molecule has 0 aliphatic rings. The highest BCUT2D eigenvalue weighted by Gasteiger charge is 2.27. The molecule has 0 amide bonds. The molecule has 0 spiro atoms. The van der Waals surface area contributed by atoms with E-state index in [1.807, 2.05) is 0 Å². The standard InChI is InChI=1S/C12H18F3NO2/c1-9(2)5-16-6-10-3-4-11(18-10)7-17-8-12(13,14)15/h3-4,9,16H,5-8H2,1-2H3. The maximum absolute atomic E-state index is 11.8.